The molecule has 0 bridgehead atoms. The fourth-order valence-corrected chi connectivity index (χ4v) is 2.26. The number of morpholine rings is 1. The van der Waals surface area contributed by atoms with Crippen LogP contribution in [0.4, 0.5) is 0 Å². The molecule has 1 heterocycles. The number of halogens is 1. The molecule has 7 heteroatoms. The maximum atomic E-state index is 12.5. The number of carbonyl (C=O) groups excluding carboxylic acids is 1. The molecule has 0 spiro atoms. The van der Waals surface area contributed by atoms with E-state index in [2.05, 4.69) is 0 Å². The summed E-state index contributed by atoms with van der Waals surface area (Å²) in [7, 11) is 0. The van der Waals surface area contributed by atoms with E-state index in [1.54, 1.807) is 18.2 Å². The van der Waals surface area contributed by atoms with Gasteiger partial charge in [0.25, 0.3) is 5.91 Å². The lowest BCUT2D eigenvalue weighted by Crippen LogP contribution is -2.48. The van der Waals surface area contributed by atoms with Gasteiger partial charge in [0.1, 0.15) is 5.75 Å². The first kappa shape index (κ1) is 15.6. The van der Waals surface area contributed by atoms with Crippen LogP contribution in [0.3, 0.4) is 0 Å². The maximum absolute atomic E-state index is 12.5. The number of benzene rings is 1. The van der Waals surface area contributed by atoms with Crippen molar-refractivity contribution in [1.29, 1.82) is 0 Å². The predicted molar refractivity (Wildman–Crippen MR) is 75.9 cm³/mol. The molecule has 1 aromatic rings. The number of ether oxygens (including phenoxy) is 2. The van der Waals surface area contributed by atoms with Gasteiger partial charge in [-0.3, -0.25) is 4.79 Å². The van der Waals surface area contributed by atoms with Gasteiger partial charge < -0.3 is 19.5 Å². The number of carbonyl (C=O) groups is 2. The van der Waals surface area contributed by atoms with E-state index in [4.69, 9.17) is 26.2 Å². The van der Waals surface area contributed by atoms with Gasteiger partial charge in [-0.2, -0.15) is 0 Å². The highest BCUT2D eigenvalue weighted by atomic mass is 35.5. The van der Waals surface area contributed by atoms with Gasteiger partial charge in [-0.1, -0.05) is 11.6 Å². The molecule has 1 aromatic carbocycles. The van der Waals surface area contributed by atoms with Crippen molar-refractivity contribution >= 4 is 23.5 Å². The molecule has 1 saturated heterocycles. The number of rotatable bonds is 4. The smallest absolute Gasteiger partial charge is 0.334 e. The van der Waals surface area contributed by atoms with Crippen LogP contribution in [0.15, 0.2) is 18.2 Å². The monoisotopic (exact) mass is 313 g/mol. The molecule has 1 amide bonds. The van der Waals surface area contributed by atoms with E-state index >= 15 is 0 Å². The summed E-state index contributed by atoms with van der Waals surface area (Å²) >= 11 is 5.91. The number of amides is 1. The molecule has 0 radical (unpaired) electrons. The lowest BCUT2D eigenvalue weighted by Gasteiger charge is -2.31. The van der Waals surface area contributed by atoms with Crippen LogP contribution in [0.25, 0.3) is 0 Å². The molecular formula is C14H16ClNO5. The predicted octanol–water partition coefficient (Wildman–Crippen LogP) is 1.66. The minimum absolute atomic E-state index is 0.0162. The van der Waals surface area contributed by atoms with Crippen LogP contribution in [0, 0.1) is 0 Å². The Hall–Kier alpha value is -1.79. The van der Waals surface area contributed by atoms with Gasteiger partial charge in [-0.05, 0) is 25.1 Å². The number of aliphatic carboxylic acids is 1. The average Bonchev–Trinajstić information content (AvgIpc) is 2.47. The van der Waals surface area contributed by atoms with Gasteiger partial charge in [0.05, 0.1) is 25.3 Å². The van der Waals surface area contributed by atoms with E-state index < -0.39 is 12.1 Å². The highest BCUT2D eigenvalue weighted by Gasteiger charge is 2.30. The SMILES string of the molecule is CCOc1cc(Cl)ccc1C(=O)N1CCOC(C(=O)O)C1. The first-order chi connectivity index (χ1) is 10.0. The van der Waals surface area contributed by atoms with Gasteiger partial charge in [0, 0.05) is 11.6 Å². The van der Waals surface area contributed by atoms with Gasteiger partial charge in [-0.15, -0.1) is 0 Å². The van der Waals surface area contributed by atoms with Crippen molar-refractivity contribution in [2.45, 2.75) is 13.0 Å². The lowest BCUT2D eigenvalue weighted by molar-refractivity contribution is -0.154. The highest BCUT2D eigenvalue weighted by molar-refractivity contribution is 6.30. The largest absolute Gasteiger partial charge is 0.493 e. The Morgan fingerprint density at radius 1 is 1.52 bits per heavy atom. The van der Waals surface area contributed by atoms with Crippen LogP contribution >= 0.6 is 11.6 Å². The van der Waals surface area contributed by atoms with Crippen LogP contribution in [0.2, 0.25) is 5.02 Å². The van der Waals surface area contributed by atoms with Crippen LogP contribution in [0.5, 0.6) is 5.75 Å². The number of nitrogens with zero attached hydrogens (tertiary/aromatic N) is 1. The molecule has 1 aliphatic rings. The third-order valence-corrected chi connectivity index (χ3v) is 3.34. The molecule has 1 fully saturated rings. The van der Waals surface area contributed by atoms with E-state index in [1.165, 1.54) is 4.90 Å². The second-order valence-corrected chi connectivity index (χ2v) is 4.96. The minimum Gasteiger partial charge on any atom is -0.493 e. The minimum atomic E-state index is -1.08. The van der Waals surface area contributed by atoms with E-state index in [0.29, 0.717) is 29.5 Å². The lowest BCUT2D eigenvalue weighted by atomic mass is 10.1. The Bertz CT molecular complexity index is 548. The first-order valence-electron chi connectivity index (χ1n) is 6.59. The second kappa shape index (κ2) is 6.78. The Morgan fingerprint density at radius 3 is 2.95 bits per heavy atom. The van der Waals surface area contributed by atoms with Crippen molar-refractivity contribution in [2.75, 3.05) is 26.3 Å². The first-order valence-corrected chi connectivity index (χ1v) is 6.96. The molecular weight excluding hydrogens is 298 g/mol. The molecule has 0 aliphatic carbocycles. The summed E-state index contributed by atoms with van der Waals surface area (Å²) < 4.78 is 10.5. The number of carboxylic acids is 1. The zero-order chi connectivity index (χ0) is 15.4. The van der Waals surface area contributed by atoms with E-state index in [-0.39, 0.29) is 19.1 Å². The van der Waals surface area contributed by atoms with Crippen LogP contribution in [-0.4, -0.2) is 54.3 Å². The molecule has 1 unspecified atom stereocenters. The standard InChI is InChI=1S/C14H16ClNO5/c1-2-20-11-7-9(15)3-4-10(11)13(17)16-5-6-21-12(8-16)14(18)19/h3-4,7,12H,2,5-6,8H2,1H3,(H,18,19). The summed E-state index contributed by atoms with van der Waals surface area (Å²) in [6.07, 6.45) is -0.995. The number of hydrogen-bond acceptors (Lipinski definition) is 4. The third kappa shape index (κ3) is 3.65. The van der Waals surface area contributed by atoms with Crippen LogP contribution < -0.4 is 4.74 Å². The fraction of sp³-hybridized carbons (Fsp3) is 0.429. The van der Waals surface area contributed by atoms with Crippen LogP contribution in [-0.2, 0) is 9.53 Å². The summed E-state index contributed by atoms with van der Waals surface area (Å²) in [4.78, 5) is 24.9. The number of hydrogen-bond donors (Lipinski definition) is 1. The topological polar surface area (TPSA) is 76.1 Å². The fourth-order valence-electron chi connectivity index (χ4n) is 2.10. The van der Waals surface area contributed by atoms with Crippen molar-refractivity contribution < 1.29 is 24.2 Å². The quantitative estimate of drug-likeness (QED) is 0.915. The maximum Gasteiger partial charge on any atom is 0.334 e. The Kier molecular flexibility index (Phi) is 5.03. The molecule has 21 heavy (non-hydrogen) atoms. The van der Waals surface area contributed by atoms with Gasteiger partial charge >= 0.3 is 5.97 Å². The molecule has 0 aromatic heterocycles. The summed E-state index contributed by atoms with van der Waals surface area (Å²) in [6.45, 7) is 2.77. The summed E-state index contributed by atoms with van der Waals surface area (Å²) in [5.41, 5.74) is 0.368. The molecule has 0 saturated carbocycles. The van der Waals surface area contributed by atoms with Gasteiger partial charge in [0.15, 0.2) is 6.10 Å². The van der Waals surface area contributed by atoms with Crippen molar-refractivity contribution in [2.24, 2.45) is 0 Å². The van der Waals surface area contributed by atoms with Crippen molar-refractivity contribution in [3.05, 3.63) is 28.8 Å². The Morgan fingerprint density at radius 2 is 2.29 bits per heavy atom. The Labute approximate surface area is 127 Å². The molecule has 2 rings (SSSR count). The zero-order valence-corrected chi connectivity index (χ0v) is 12.3. The molecule has 114 valence electrons. The summed E-state index contributed by atoms with van der Waals surface area (Å²) in [6, 6.07) is 4.76. The van der Waals surface area contributed by atoms with Crippen molar-refractivity contribution in [3.8, 4) is 5.75 Å². The second-order valence-electron chi connectivity index (χ2n) is 4.52. The summed E-state index contributed by atoms with van der Waals surface area (Å²) in [5, 5.41) is 9.45. The third-order valence-electron chi connectivity index (χ3n) is 3.10. The summed E-state index contributed by atoms with van der Waals surface area (Å²) in [5.74, 6) is -0.966. The van der Waals surface area contributed by atoms with Crippen LogP contribution in [0.1, 0.15) is 17.3 Å². The Balaban J connectivity index is 2.21. The van der Waals surface area contributed by atoms with Crippen molar-refractivity contribution in [3.63, 3.8) is 0 Å². The molecule has 1 aliphatic heterocycles. The highest BCUT2D eigenvalue weighted by Crippen LogP contribution is 2.25. The zero-order valence-electron chi connectivity index (χ0n) is 11.5. The average molecular weight is 314 g/mol. The molecule has 1 atom stereocenters. The van der Waals surface area contributed by atoms with E-state index in [9.17, 15) is 9.59 Å². The number of carboxylic acid groups (broad SMARTS) is 1. The molecule has 1 N–H and O–H groups in total. The van der Waals surface area contributed by atoms with E-state index in [1.807, 2.05) is 6.92 Å². The normalized spacial score (nSPS) is 18.4. The van der Waals surface area contributed by atoms with Gasteiger partial charge in [0.2, 0.25) is 0 Å². The van der Waals surface area contributed by atoms with E-state index in [0.717, 1.165) is 0 Å². The molecule has 6 nitrogen and oxygen atoms in total. The van der Waals surface area contributed by atoms with Crippen molar-refractivity contribution in [1.82, 2.24) is 4.90 Å². The van der Waals surface area contributed by atoms with Gasteiger partial charge in [-0.25, -0.2) is 4.79 Å².